The van der Waals surface area contributed by atoms with Gasteiger partial charge in [0.1, 0.15) is 16.8 Å². The van der Waals surface area contributed by atoms with Gasteiger partial charge in [-0.15, -0.1) is 0 Å². The lowest BCUT2D eigenvalue weighted by molar-refractivity contribution is 0.0526. The van der Waals surface area contributed by atoms with Crippen molar-refractivity contribution >= 4 is 22.6 Å². The Morgan fingerprint density at radius 2 is 2.00 bits per heavy atom. The van der Waals surface area contributed by atoms with Crippen LogP contribution in [0, 0.1) is 11.8 Å². The lowest BCUT2D eigenvalue weighted by atomic mass is 9.90. The van der Waals surface area contributed by atoms with Gasteiger partial charge in [-0.25, -0.2) is 4.79 Å². The minimum absolute atomic E-state index is 0.319. The normalized spacial score (nSPS) is 20.6. The Labute approximate surface area is 148 Å². The van der Waals surface area contributed by atoms with E-state index in [4.69, 9.17) is 9.47 Å². The van der Waals surface area contributed by atoms with E-state index in [1.54, 1.807) is 13.3 Å². The number of esters is 1. The molecule has 5 nitrogen and oxygen atoms in total. The minimum Gasteiger partial charge on any atom is -0.494 e. The molecule has 3 rings (SSSR count). The van der Waals surface area contributed by atoms with E-state index in [0.29, 0.717) is 29.8 Å². The van der Waals surface area contributed by atoms with Crippen LogP contribution in [0.1, 0.15) is 37.6 Å². The van der Waals surface area contributed by atoms with Gasteiger partial charge >= 0.3 is 5.97 Å². The topological polar surface area (TPSA) is 51.7 Å². The highest BCUT2D eigenvalue weighted by atomic mass is 16.5. The fourth-order valence-electron chi connectivity index (χ4n) is 3.89. The zero-order valence-electron chi connectivity index (χ0n) is 15.4. The number of benzene rings is 1. The summed E-state index contributed by atoms with van der Waals surface area (Å²) in [6.45, 7) is 8.54. The van der Waals surface area contributed by atoms with E-state index in [1.807, 2.05) is 25.1 Å². The quantitative estimate of drug-likeness (QED) is 0.789. The van der Waals surface area contributed by atoms with Gasteiger partial charge in [0, 0.05) is 24.7 Å². The molecule has 0 spiro atoms. The lowest BCUT2D eigenvalue weighted by Crippen LogP contribution is -2.39. The zero-order chi connectivity index (χ0) is 18.0. The Morgan fingerprint density at radius 3 is 2.64 bits per heavy atom. The molecule has 25 heavy (non-hydrogen) atoms. The van der Waals surface area contributed by atoms with Crippen LogP contribution in [0.3, 0.4) is 0 Å². The van der Waals surface area contributed by atoms with Gasteiger partial charge in [0.05, 0.1) is 19.4 Å². The number of anilines is 1. The molecule has 134 valence electrons. The average molecular weight is 342 g/mol. The molecule has 0 saturated carbocycles. The summed E-state index contributed by atoms with van der Waals surface area (Å²) in [5.74, 6) is 1.55. The van der Waals surface area contributed by atoms with Crippen molar-refractivity contribution in [2.45, 2.75) is 27.2 Å². The van der Waals surface area contributed by atoms with Crippen LogP contribution in [-0.4, -0.2) is 37.8 Å². The van der Waals surface area contributed by atoms with E-state index in [-0.39, 0.29) is 5.97 Å². The van der Waals surface area contributed by atoms with Gasteiger partial charge in [0.25, 0.3) is 0 Å². The van der Waals surface area contributed by atoms with Crippen molar-refractivity contribution in [2.24, 2.45) is 11.8 Å². The molecule has 1 aromatic heterocycles. The van der Waals surface area contributed by atoms with Gasteiger partial charge in [-0.2, -0.15) is 0 Å². The number of piperidine rings is 1. The smallest absolute Gasteiger partial charge is 0.341 e. The minimum atomic E-state index is -0.319. The van der Waals surface area contributed by atoms with Gasteiger partial charge in [-0.05, 0) is 31.2 Å². The first-order valence-corrected chi connectivity index (χ1v) is 8.92. The summed E-state index contributed by atoms with van der Waals surface area (Å²) >= 11 is 0. The highest BCUT2D eigenvalue weighted by molar-refractivity contribution is 6.06. The number of fused-ring (bicyclic) bond motifs is 1. The van der Waals surface area contributed by atoms with Gasteiger partial charge in [0.2, 0.25) is 0 Å². The van der Waals surface area contributed by atoms with Crippen molar-refractivity contribution < 1.29 is 14.3 Å². The molecule has 1 fully saturated rings. The van der Waals surface area contributed by atoms with Gasteiger partial charge in [-0.3, -0.25) is 4.98 Å². The molecule has 0 amide bonds. The molecule has 1 saturated heterocycles. The maximum atomic E-state index is 12.5. The second-order valence-electron chi connectivity index (χ2n) is 6.95. The van der Waals surface area contributed by atoms with Crippen LogP contribution in [0.25, 0.3) is 10.9 Å². The van der Waals surface area contributed by atoms with E-state index < -0.39 is 0 Å². The molecule has 0 unspecified atom stereocenters. The number of hydrogen-bond acceptors (Lipinski definition) is 5. The van der Waals surface area contributed by atoms with Crippen molar-refractivity contribution in [3.63, 3.8) is 0 Å². The molecule has 0 radical (unpaired) electrons. The van der Waals surface area contributed by atoms with Crippen LogP contribution in [0.5, 0.6) is 5.75 Å². The maximum Gasteiger partial charge on any atom is 0.341 e. The van der Waals surface area contributed by atoms with Gasteiger partial charge < -0.3 is 14.4 Å². The largest absolute Gasteiger partial charge is 0.494 e. The average Bonchev–Trinajstić information content (AvgIpc) is 2.59. The van der Waals surface area contributed by atoms with Crippen LogP contribution in [0.4, 0.5) is 5.69 Å². The predicted molar refractivity (Wildman–Crippen MR) is 99.4 cm³/mol. The number of ether oxygens (including phenoxy) is 2. The molecule has 5 heteroatoms. The van der Waals surface area contributed by atoms with Crippen molar-refractivity contribution in [2.75, 3.05) is 31.7 Å². The zero-order valence-corrected chi connectivity index (χ0v) is 15.4. The third kappa shape index (κ3) is 3.41. The Balaban J connectivity index is 2.20. The second kappa shape index (κ2) is 7.30. The van der Waals surface area contributed by atoms with E-state index in [0.717, 1.165) is 29.7 Å². The van der Waals surface area contributed by atoms with Crippen molar-refractivity contribution in [1.29, 1.82) is 0 Å². The number of carbonyl (C=O) groups is 1. The number of hydrogen-bond donors (Lipinski definition) is 0. The summed E-state index contributed by atoms with van der Waals surface area (Å²) in [5.41, 5.74) is 2.23. The Kier molecular flexibility index (Phi) is 5.11. The lowest BCUT2D eigenvalue weighted by Gasteiger charge is -2.38. The second-order valence-corrected chi connectivity index (χ2v) is 6.95. The molecule has 0 N–H and O–H groups in total. The number of nitrogens with zero attached hydrogens (tertiary/aromatic N) is 2. The number of carbonyl (C=O) groups excluding carboxylic acids is 1. The molecule has 1 aromatic carbocycles. The highest BCUT2D eigenvalue weighted by Gasteiger charge is 2.28. The summed E-state index contributed by atoms with van der Waals surface area (Å²) in [5, 5.41) is 0.936. The SMILES string of the molecule is CCOC(=O)c1cnc2c(OC)cccc2c1N1C[C@@H](C)C[C@H](C)C1. The van der Waals surface area contributed by atoms with Crippen molar-refractivity contribution in [3.05, 3.63) is 30.0 Å². The number of methoxy groups -OCH3 is 1. The van der Waals surface area contributed by atoms with Crippen molar-refractivity contribution in [3.8, 4) is 5.75 Å². The summed E-state index contributed by atoms with van der Waals surface area (Å²) in [6, 6.07) is 5.84. The summed E-state index contributed by atoms with van der Waals surface area (Å²) < 4.78 is 10.7. The Bertz CT molecular complexity index is 765. The molecule has 0 bridgehead atoms. The molecular formula is C20H26N2O3. The van der Waals surface area contributed by atoms with Crippen LogP contribution < -0.4 is 9.64 Å². The summed E-state index contributed by atoms with van der Waals surface area (Å²) in [4.78, 5) is 19.4. The number of para-hydroxylation sites is 1. The van der Waals surface area contributed by atoms with E-state index >= 15 is 0 Å². The third-order valence-electron chi connectivity index (χ3n) is 4.73. The first kappa shape index (κ1) is 17.5. The molecule has 0 aliphatic carbocycles. The number of aromatic nitrogens is 1. The van der Waals surface area contributed by atoms with Crippen LogP contribution >= 0.6 is 0 Å². The predicted octanol–water partition coefficient (Wildman–Crippen LogP) is 3.90. The fourth-order valence-corrected chi connectivity index (χ4v) is 3.89. The fraction of sp³-hybridized carbons (Fsp3) is 0.500. The highest BCUT2D eigenvalue weighted by Crippen LogP contribution is 2.37. The first-order valence-electron chi connectivity index (χ1n) is 8.92. The molecular weight excluding hydrogens is 316 g/mol. The Hall–Kier alpha value is -2.30. The van der Waals surface area contributed by atoms with Crippen molar-refractivity contribution in [1.82, 2.24) is 4.98 Å². The monoisotopic (exact) mass is 342 g/mol. The molecule has 1 aliphatic heterocycles. The Morgan fingerprint density at radius 1 is 1.28 bits per heavy atom. The first-order chi connectivity index (χ1) is 12.0. The van der Waals surface area contributed by atoms with Crippen LogP contribution in [0.2, 0.25) is 0 Å². The van der Waals surface area contributed by atoms with Crippen LogP contribution in [0.15, 0.2) is 24.4 Å². The molecule has 1 aliphatic rings. The summed E-state index contributed by atoms with van der Waals surface area (Å²) in [7, 11) is 1.64. The van der Waals surface area contributed by atoms with E-state index in [2.05, 4.69) is 23.7 Å². The van der Waals surface area contributed by atoms with E-state index in [1.165, 1.54) is 6.42 Å². The standard InChI is InChI=1S/C20H26N2O3/c1-5-25-20(23)16-10-21-18-15(7-6-8-17(18)24-4)19(16)22-11-13(2)9-14(3)12-22/h6-8,10,13-14H,5,9,11-12H2,1-4H3/t13-,14-/m0/s1. The maximum absolute atomic E-state index is 12.5. The van der Waals surface area contributed by atoms with Gasteiger partial charge in [-0.1, -0.05) is 26.0 Å². The van der Waals surface area contributed by atoms with Gasteiger partial charge in [0.15, 0.2) is 0 Å². The molecule has 2 atom stereocenters. The number of pyridine rings is 1. The van der Waals surface area contributed by atoms with E-state index in [9.17, 15) is 4.79 Å². The molecule has 2 aromatic rings. The third-order valence-corrected chi connectivity index (χ3v) is 4.73. The summed E-state index contributed by atoms with van der Waals surface area (Å²) in [6.07, 6.45) is 2.83. The van der Waals surface area contributed by atoms with Crippen LogP contribution in [-0.2, 0) is 4.74 Å². The molecule has 2 heterocycles. The number of rotatable bonds is 4.